The Hall–Kier alpha value is -1.22. The van der Waals surface area contributed by atoms with Gasteiger partial charge in [0.15, 0.2) is 0 Å². The van der Waals surface area contributed by atoms with Gasteiger partial charge in [-0.25, -0.2) is 0 Å². The minimum atomic E-state index is 0.413. The smallest absolute Gasteiger partial charge is 0.122 e. The van der Waals surface area contributed by atoms with Crippen molar-refractivity contribution in [1.82, 2.24) is 5.32 Å². The van der Waals surface area contributed by atoms with Crippen LogP contribution in [0.15, 0.2) is 18.2 Å². The van der Waals surface area contributed by atoms with E-state index in [4.69, 9.17) is 9.47 Å². The number of methoxy groups -OCH3 is 2. The molecule has 3 nitrogen and oxygen atoms in total. The number of rotatable bonds is 6. The quantitative estimate of drug-likeness (QED) is 0.851. The van der Waals surface area contributed by atoms with Gasteiger partial charge < -0.3 is 14.8 Å². The fourth-order valence-corrected chi connectivity index (χ4v) is 3.08. The van der Waals surface area contributed by atoms with Crippen LogP contribution in [0.5, 0.6) is 11.5 Å². The highest BCUT2D eigenvalue weighted by Crippen LogP contribution is 2.38. The second kappa shape index (κ2) is 6.80. The zero-order valence-corrected chi connectivity index (χ0v) is 12.2. The lowest BCUT2D eigenvalue weighted by molar-refractivity contribution is 0.363. The standard InChI is InChI=1S/C16H25NO2/c1-4-17-16(12-7-5-6-8-12)13-9-14(18-2)11-15(10-13)19-3/h9-12,16-17H,4-8H2,1-3H3. The number of hydrogen-bond acceptors (Lipinski definition) is 3. The van der Waals surface area contributed by atoms with Crippen LogP contribution in [0.2, 0.25) is 0 Å². The van der Waals surface area contributed by atoms with E-state index >= 15 is 0 Å². The van der Waals surface area contributed by atoms with Crippen molar-refractivity contribution in [2.45, 2.75) is 38.6 Å². The van der Waals surface area contributed by atoms with Gasteiger partial charge in [0.25, 0.3) is 0 Å². The van der Waals surface area contributed by atoms with Crippen molar-refractivity contribution < 1.29 is 9.47 Å². The fraction of sp³-hybridized carbons (Fsp3) is 0.625. The summed E-state index contributed by atoms with van der Waals surface area (Å²) in [6.45, 7) is 3.15. The maximum Gasteiger partial charge on any atom is 0.122 e. The number of hydrogen-bond donors (Lipinski definition) is 1. The summed E-state index contributed by atoms with van der Waals surface area (Å²) in [7, 11) is 3.41. The van der Waals surface area contributed by atoms with Crippen molar-refractivity contribution >= 4 is 0 Å². The molecule has 2 rings (SSSR count). The van der Waals surface area contributed by atoms with Crippen LogP contribution in [0.25, 0.3) is 0 Å². The van der Waals surface area contributed by atoms with Gasteiger partial charge in [-0.1, -0.05) is 19.8 Å². The predicted molar refractivity (Wildman–Crippen MR) is 77.9 cm³/mol. The van der Waals surface area contributed by atoms with Gasteiger partial charge in [-0.05, 0) is 43.0 Å². The third-order valence-electron chi connectivity index (χ3n) is 4.03. The molecular formula is C16H25NO2. The van der Waals surface area contributed by atoms with E-state index in [-0.39, 0.29) is 0 Å². The van der Waals surface area contributed by atoms with E-state index in [0.29, 0.717) is 6.04 Å². The van der Waals surface area contributed by atoms with E-state index < -0.39 is 0 Å². The first kappa shape index (κ1) is 14.2. The monoisotopic (exact) mass is 263 g/mol. The molecule has 1 aliphatic carbocycles. The molecule has 1 aromatic rings. The summed E-state index contributed by atoms with van der Waals surface area (Å²) in [6, 6.07) is 6.61. The predicted octanol–water partition coefficient (Wildman–Crippen LogP) is 3.54. The van der Waals surface area contributed by atoms with Crippen molar-refractivity contribution in [1.29, 1.82) is 0 Å². The molecule has 1 fully saturated rings. The maximum absolute atomic E-state index is 5.38. The third kappa shape index (κ3) is 3.41. The molecule has 0 bridgehead atoms. The second-order valence-corrected chi connectivity index (χ2v) is 5.23. The molecule has 106 valence electrons. The van der Waals surface area contributed by atoms with Crippen LogP contribution in [-0.2, 0) is 0 Å². The van der Waals surface area contributed by atoms with E-state index in [1.807, 2.05) is 6.07 Å². The lowest BCUT2D eigenvalue weighted by Gasteiger charge is -2.25. The van der Waals surface area contributed by atoms with E-state index in [9.17, 15) is 0 Å². The third-order valence-corrected chi connectivity index (χ3v) is 4.03. The highest BCUT2D eigenvalue weighted by Gasteiger charge is 2.26. The van der Waals surface area contributed by atoms with Crippen molar-refractivity contribution in [3.8, 4) is 11.5 Å². The van der Waals surface area contributed by atoms with Gasteiger partial charge in [0.2, 0.25) is 0 Å². The molecule has 1 aromatic carbocycles. The Balaban J connectivity index is 2.28. The van der Waals surface area contributed by atoms with E-state index in [1.54, 1.807) is 14.2 Å². The van der Waals surface area contributed by atoms with Crippen molar-refractivity contribution in [3.05, 3.63) is 23.8 Å². The van der Waals surface area contributed by atoms with Gasteiger partial charge in [0.05, 0.1) is 14.2 Å². The zero-order valence-electron chi connectivity index (χ0n) is 12.2. The van der Waals surface area contributed by atoms with E-state index in [1.165, 1.54) is 31.2 Å². The second-order valence-electron chi connectivity index (χ2n) is 5.23. The Labute approximate surface area is 116 Å². The van der Waals surface area contributed by atoms with E-state index in [0.717, 1.165) is 24.0 Å². The Morgan fingerprint density at radius 2 is 1.68 bits per heavy atom. The normalized spacial score (nSPS) is 17.4. The van der Waals surface area contributed by atoms with Crippen LogP contribution in [0.1, 0.15) is 44.2 Å². The Kier molecular flexibility index (Phi) is 5.08. The van der Waals surface area contributed by atoms with Gasteiger partial charge in [-0.15, -0.1) is 0 Å². The highest BCUT2D eigenvalue weighted by molar-refractivity contribution is 5.40. The molecule has 3 heteroatoms. The van der Waals surface area contributed by atoms with Crippen molar-refractivity contribution in [3.63, 3.8) is 0 Å². The zero-order chi connectivity index (χ0) is 13.7. The lowest BCUT2D eigenvalue weighted by Crippen LogP contribution is -2.27. The summed E-state index contributed by atoms with van der Waals surface area (Å²) < 4.78 is 10.8. The molecule has 0 amide bonds. The van der Waals surface area contributed by atoms with Crippen LogP contribution >= 0.6 is 0 Å². The summed E-state index contributed by atoms with van der Waals surface area (Å²) in [6.07, 6.45) is 5.34. The molecule has 19 heavy (non-hydrogen) atoms. The molecule has 1 atom stereocenters. The highest BCUT2D eigenvalue weighted by atomic mass is 16.5. The molecule has 1 unspecified atom stereocenters. The molecule has 0 aromatic heterocycles. The summed E-state index contributed by atoms with van der Waals surface area (Å²) in [4.78, 5) is 0. The minimum Gasteiger partial charge on any atom is -0.497 e. The van der Waals surface area contributed by atoms with E-state index in [2.05, 4.69) is 24.4 Å². The van der Waals surface area contributed by atoms with Crippen LogP contribution in [-0.4, -0.2) is 20.8 Å². The van der Waals surface area contributed by atoms with Crippen molar-refractivity contribution in [2.24, 2.45) is 5.92 Å². The summed E-state index contributed by atoms with van der Waals surface area (Å²) in [5.41, 5.74) is 1.28. The van der Waals surface area contributed by atoms with Gasteiger partial charge in [-0.3, -0.25) is 0 Å². The number of ether oxygens (including phenoxy) is 2. The molecule has 0 spiro atoms. The molecule has 0 radical (unpaired) electrons. The summed E-state index contributed by atoms with van der Waals surface area (Å²) in [5, 5.41) is 3.63. The van der Waals surface area contributed by atoms with Gasteiger partial charge >= 0.3 is 0 Å². The Morgan fingerprint density at radius 1 is 1.11 bits per heavy atom. The first-order chi connectivity index (χ1) is 9.28. The minimum absolute atomic E-state index is 0.413. The SMILES string of the molecule is CCNC(c1cc(OC)cc(OC)c1)C1CCCC1. The van der Waals surface area contributed by atoms with Crippen LogP contribution < -0.4 is 14.8 Å². The molecule has 0 heterocycles. The van der Waals surface area contributed by atoms with Crippen LogP contribution in [0, 0.1) is 5.92 Å². The average Bonchev–Trinajstić information content (AvgIpc) is 2.97. The average molecular weight is 263 g/mol. The Bertz CT molecular complexity index is 377. The molecule has 1 N–H and O–H groups in total. The molecule has 1 saturated carbocycles. The first-order valence-electron chi connectivity index (χ1n) is 7.24. The van der Waals surface area contributed by atoms with Crippen LogP contribution in [0.3, 0.4) is 0 Å². The summed E-state index contributed by atoms with van der Waals surface area (Å²) in [5.74, 6) is 2.47. The van der Waals surface area contributed by atoms with Gasteiger partial charge in [0, 0.05) is 12.1 Å². The molecular weight excluding hydrogens is 238 g/mol. The fourth-order valence-electron chi connectivity index (χ4n) is 3.08. The van der Waals surface area contributed by atoms with Gasteiger partial charge in [0.1, 0.15) is 11.5 Å². The molecule has 1 aliphatic rings. The number of nitrogens with one attached hydrogen (secondary N) is 1. The largest absolute Gasteiger partial charge is 0.497 e. The Morgan fingerprint density at radius 3 is 2.16 bits per heavy atom. The molecule has 0 aliphatic heterocycles. The van der Waals surface area contributed by atoms with Crippen LogP contribution in [0.4, 0.5) is 0 Å². The first-order valence-corrected chi connectivity index (χ1v) is 7.24. The van der Waals surface area contributed by atoms with Gasteiger partial charge in [-0.2, -0.15) is 0 Å². The van der Waals surface area contributed by atoms with Crippen molar-refractivity contribution in [2.75, 3.05) is 20.8 Å². The topological polar surface area (TPSA) is 30.5 Å². The lowest BCUT2D eigenvalue weighted by atomic mass is 9.91. The number of benzene rings is 1. The maximum atomic E-state index is 5.38. The summed E-state index contributed by atoms with van der Waals surface area (Å²) >= 11 is 0. The molecule has 0 saturated heterocycles.